The maximum absolute atomic E-state index is 13.0. The lowest BCUT2D eigenvalue weighted by Gasteiger charge is -2.32. The van der Waals surface area contributed by atoms with E-state index in [-0.39, 0.29) is 11.1 Å². The molecule has 2 N–H and O–H groups in total. The van der Waals surface area contributed by atoms with Gasteiger partial charge in [-0.25, -0.2) is 0 Å². The highest BCUT2D eigenvalue weighted by molar-refractivity contribution is 5.97. The Bertz CT molecular complexity index is 967. The number of hydrogen-bond acceptors (Lipinski definition) is 6. The first kappa shape index (κ1) is 20.4. The smallest absolute Gasteiger partial charge is 0.279 e. The summed E-state index contributed by atoms with van der Waals surface area (Å²) in [5.74, 6) is -0.116. The topological polar surface area (TPSA) is 133 Å². The van der Waals surface area contributed by atoms with E-state index in [1.54, 1.807) is 4.90 Å². The Labute approximate surface area is 167 Å². The highest BCUT2D eigenvalue weighted by Crippen LogP contribution is 2.32. The number of nitro benzene ring substituents is 2. The molecule has 152 valence electrons. The van der Waals surface area contributed by atoms with Crippen LogP contribution in [0.3, 0.4) is 0 Å². The third kappa shape index (κ3) is 4.24. The molecule has 0 unspecified atom stereocenters. The molecule has 9 nitrogen and oxygen atoms in total. The standard InChI is InChI=1S/C20H22N4O5/c1-13-18(10-17(23(26)27)11-19(13)24(28)29)20(25)22-7-5-15(6-8-22)16-4-2-3-14(9-16)12-21/h2-4,9-11,15H,5-8,12,21H2,1H3. The molecular weight excluding hydrogens is 376 g/mol. The largest absolute Gasteiger partial charge is 0.339 e. The fourth-order valence-electron chi connectivity index (χ4n) is 3.76. The number of benzene rings is 2. The van der Waals surface area contributed by atoms with Crippen LogP contribution in [0.4, 0.5) is 11.4 Å². The number of non-ortho nitro benzene ring substituents is 1. The zero-order chi connectivity index (χ0) is 21.1. The molecule has 3 rings (SSSR count). The minimum Gasteiger partial charge on any atom is -0.339 e. The molecule has 0 atom stereocenters. The van der Waals surface area contributed by atoms with Gasteiger partial charge in [0.1, 0.15) is 0 Å². The van der Waals surface area contributed by atoms with Crippen LogP contribution in [0.5, 0.6) is 0 Å². The van der Waals surface area contributed by atoms with E-state index in [1.807, 2.05) is 12.1 Å². The van der Waals surface area contributed by atoms with E-state index in [0.717, 1.165) is 30.5 Å². The van der Waals surface area contributed by atoms with Gasteiger partial charge >= 0.3 is 0 Å². The van der Waals surface area contributed by atoms with Crippen molar-refractivity contribution in [2.75, 3.05) is 13.1 Å². The maximum Gasteiger partial charge on any atom is 0.279 e. The summed E-state index contributed by atoms with van der Waals surface area (Å²) in [7, 11) is 0. The van der Waals surface area contributed by atoms with Crippen molar-refractivity contribution in [2.45, 2.75) is 32.2 Å². The molecule has 0 aromatic heterocycles. The molecule has 1 heterocycles. The summed E-state index contributed by atoms with van der Waals surface area (Å²) < 4.78 is 0. The van der Waals surface area contributed by atoms with Crippen LogP contribution in [0, 0.1) is 27.2 Å². The van der Waals surface area contributed by atoms with Crippen molar-refractivity contribution in [3.05, 3.63) is 78.9 Å². The van der Waals surface area contributed by atoms with Crippen molar-refractivity contribution >= 4 is 17.3 Å². The molecule has 1 amide bonds. The van der Waals surface area contributed by atoms with Crippen molar-refractivity contribution < 1.29 is 14.6 Å². The molecule has 2 aromatic rings. The molecule has 0 radical (unpaired) electrons. The van der Waals surface area contributed by atoms with Gasteiger partial charge in [-0.15, -0.1) is 0 Å². The molecule has 1 aliphatic heterocycles. The van der Waals surface area contributed by atoms with Crippen LogP contribution in [-0.4, -0.2) is 33.7 Å². The number of carbonyl (C=O) groups is 1. The number of likely N-dealkylation sites (tertiary alicyclic amines) is 1. The van der Waals surface area contributed by atoms with E-state index in [4.69, 9.17) is 5.73 Å². The summed E-state index contributed by atoms with van der Waals surface area (Å²) in [6.45, 7) is 2.87. The van der Waals surface area contributed by atoms with Gasteiger partial charge in [-0.2, -0.15) is 0 Å². The molecule has 0 saturated carbocycles. The summed E-state index contributed by atoms with van der Waals surface area (Å²) in [4.78, 5) is 35.6. The molecule has 0 spiro atoms. The maximum atomic E-state index is 13.0. The lowest BCUT2D eigenvalue weighted by Crippen LogP contribution is -2.38. The Balaban J connectivity index is 1.80. The van der Waals surface area contributed by atoms with Crippen LogP contribution >= 0.6 is 0 Å². The predicted octanol–water partition coefficient (Wildman–Crippen LogP) is 3.29. The molecule has 2 aromatic carbocycles. The fraction of sp³-hybridized carbons (Fsp3) is 0.350. The van der Waals surface area contributed by atoms with E-state index >= 15 is 0 Å². The zero-order valence-corrected chi connectivity index (χ0v) is 16.0. The molecule has 29 heavy (non-hydrogen) atoms. The van der Waals surface area contributed by atoms with Gasteiger partial charge < -0.3 is 10.6 Å². The van der Waals surface area contributed by atoms with E-state index in [1.165, 1.54) is 12.5 Å². The minimum absolute atomic E-state index is 0.00878. The normalized spacial score (nSPS) is 14.6. The van der Waals surface area contributed by atoms with E-state index < -0.39 is 27.1 Å². The molecular formula is C20H22N4O5. The van der Waals surface area contributed by atoms with Gasteiger partial charge in [-0.05, 0) is 36.8 Å². The van der Waals surface area contributed by atoms with Gasteiger partial charge in [0, 0.05) is 31.3 Å². The number of piperidine rings is 1. The van der Waals surface area contributed by atoms with Gasteiger partial charge in [0.25, 0.3) is 17.3 Å². The first-order valence-electron chi connectivity index (χ1n) is 9.33. The molecule has 1 saturated heterocycles. The number of amides is 1. The van der Waals surface area contributed by atoms with Gasteiger partial charge in [-0.3, -0.25) is 25.0 Å². The lowest BCUT2D eigenvalue weighted by atomic mass is 9.88. The van der Waals surface area contributed by atoms with Gasteiger partial charge in [0.15, 0.2) is 0 Å². The number of nitro groups is 2. The first-order chi connectivity index (χ1) is 13.8. The van der Waals surface area contributed by atoms with Crippen LogP contribution in [-0.2, 0) is 6.54 Å². The van der Waals surface area contributed by atoms with Gasteiger partial charge in [0.05, 0.1) is 21.5 Å². The molecule has 1 fully saturated rings. The highest BCUT2D eigenvalue weighted by Gasteiger charge is 2.30. The second kappa shape index (κ2) is 8.36. The Hall–Kier alpha value is -3.33. The summed E-state index contributed by atoms with van der Waals surface area (Å²) in [6, 6.07) is 10.1. The number of hydrogen-bond donors (Lipinski definition) is 1. The zero-order valence-electron chi connectivity index (χ0n) is 16.0. The van der Waals surface area contributed by atoms with Gasteiger partial charge in [-0.1, -0.05) is 24.3 Å². The van der Waals surface area contributed by atoms with E-state index in [9.17, 15) is 25.0 Å². The Kier molecular flexibility index (Phi) is 5.88. The highest BCUT2D eigenvalue weighted by atomic mass is 16.6. The van der Waals surface area contributed by atoms with Gasteiger partial charge in [0.2, 0.25) is 0 Å². The summed E-state index contributed by atoms with van der Waals surface area (Å²) >= 11 is 0. The second-order valence-electron chi connectivity index (χ2n) is 7.17. The number of nitrogens with zero attached hydrogens (tertiary/aromatic N) is 3. The van der Waals surface area contributed by atoms with Crippen LogP contribution in [0.25, 0.3) is 0 Å². The average molecular weight is 398 g/mol. The van der Waals surface area contributed by atoms with E-state index in [2.05, 4.69) is 12.1 Å². The SMILES string of the molecule is Cc1c(C(=O)N2CCC(c3cccc(CN)c3)CC2)cc([N+](=O)[O-])cc1[N+](=O)[O-]. The van der Waals surface area contributed by atoms with E-state index in [0.29, 0.717) is 25.6 Å². The first-order valence-corrected chi connectivity index (χ1v) is 9.33. The predicted molar refractivity (Wildman–Crippen MR) is 107 cm³/mol. The van der Waals surface area contributed by atoms with Crippen LogP contribution in [0.1, 0.15) is 45.8 Å². The number of rotatable bonds is 5. The van der Waals surface area contributed by atoms with Crippen LogP contribution in [0.2, 0.25) is 0 Å². The molecule has 0 bridgehead atoms. The number of carbonyl (C=O) groups excluding carboxylic acids is 1. The summed E-state index contributed by atoms with van der Waals surface area (Å²) in [5.41, 5.74) is 7.22. The number of nitrogens with two attached hydrogens (primary N) is 1. The average Bonchev–Trinajstić information content (AvgIpc) is 2.73. The monoisotopic (exact) mass is 398 g/mol. The minimum atomic E-state index is -0.722. The third-order valence-corrected chi connectivity index (χ3v) is 5.44. The van der Waals surface area contributed by atoms with Crippen LogP contribution < -0.4 is 5.73 Å². The quantitative estimate of drug-likeness (QED) is 0.607. The fourth-order valence-corrected chi connectivity index (χ4v) is 3.76. The Morgan fingerprint density at radius 3 is 2.41 bits per heavy atom. The summed E-state index contributed by atoms with van der Waals surface area (Å²) in [5, 5.41) is 22.4. The Morgan fingerprint density at radius 2 is 1.83 bits per heavy atom. The molecule has 9 heteroatoms. The van der Waals surface area contributed by atoms with Crippen molar-refractivity contribution in [1.82, 2.24) is 4.90 Å². The second-order valence-corrected chi connectivity index (χ2v) is 7.17. The van der Waals surface area contributed by atoms with Crippen molar-refractivity contribution in [3.63, 3.8) is 0 Å². The molecule has 0 aliphatic carbocycles. The van der Waals surface area contributed by atoms with Crippen molar-refractivity contribution in [1.29, 1.82) is 0 Å². The Morgan fingerprint density at radius 1 is 1.14 bits per heavy atom. The molecule has 1 aliphatic rings. The lowest BCUT2D eigenvalue weighted by molar-refractivity contribution is -0.394. The summed E-state index contributed by atoms with van der Waals surface area (Å²) in [6.07, 6.45) is 1.49. The third-order valence-electron chi connectivity index (χ3n) is 5.44. The van der Waals surface area contributed by atoms with Crippen molar-refractivity contribution in [2.24, 2.45) is 5.73 Å². The van der Waals surface area contributed by atoms with Crippen LogP contribution in [0.15, 0.2) is 36.4 Å². The van der Waals surface area contributed by atoms with Crippen molar-refractivity contribution in [3.8, 4) is 0 Å².